The molecule has 0 radical (unpaired) electrons. The summed E-state index contributed by atoms with van der Waals surface area (Å²) >= 11 is 7.13. The average Bonchev–Trinajstić information content (AvgIpc) is 3.31. The summed E-state index contributed by atoms with van der Waals surface area (Å²) in [6.07, 6.45) is 0. The highest BCUT2D eigenvalue weighted by Gasteiger charge is 2.27. The van der Waals surface area contributed by atoms with Crippen LogP contribution in [0.2, 0.25) is 5.02 Å². The van der Waals surface area contributed by atoms with Crippen molar-refractivity contribution in [2.75, 3.05) is 32.4 Å². The molecule has 0 aliphatic carbocycles. The molecule has 8 nitrogen and oxygen atoms in total. The second-order valence-corrected chi connectivity index (χ2v) is 10.9. The first-order chi connectivity index (χ1) is 16.7. The molecule has 1 amide bonds. The molecular formula is C24H24ClN5O3S2. The number of likely N-dealkylation sites (N-methyl/N-ethyl adjacent to an activating group) is 2. The van der Waals surface area contributed by atoms with Gasteiger partial charge in [0.2, 0.25) is 0 Å². The van der Waals surface area contributed by atoms with E-state index in [1.165, 1.54) is 18.2 Å². The lowest BCUT2D eigenvalue weighted by Crippen LogP contribution is -2.37. The van der Waals surface area contributed by atoms with E-state index >= 15 is 0 Å². The van der Waals surface area contributed by atoms with Crippen LogP contribution < -0.4 is 4.72 Å². The quantitative estimate of drug-likeness (QED) is 0.360. The van der Waals surface area contributed by atoms with E-state index in [-0.39, 0.29) is 33.6 Å². The van der Waals surface area contributed by atoms with Gasteiger partial charge in [-0.1, -0.05) is 48.0 Å². The minimum Gasteiger partial charge on any atom is -0.333 e. The summed E-state index contributed by atoms with van der Waals surface area (Å²) in [5, 5.41) is 0.295. The molecule has 4 aromatic rings. The van der Waals surface area contributed by atoms with Gasteiger partial charge in [0.05, 0.1) is 29.0 Å². The maximum Gasteiger partial charge on any atom is 0.264 e. The maximum atomic E-state index is 13.7. The van der Waals surface area contributed by atoms with E-state index in [1.807, 2.05) is 49.3 Å². The minimum absolute atomic E-state index is 0.0229. The van der Waals surface area contributed by atoms with Crippen LogP contribution in [0.4, 0.5) is 5.69 Å². The molecule has 182 valence electrons. The Bertz CT molecular complexity index is 1460. The molecule has 35 heavy (non-hydrogen) atoms. The molecule has 0 saturated heterocycles. The minimum atomic E-state index is -4.08. The number of carbonyl (C=O) groups is 1. The Morgan fingerprint density at radius 1 is 1.03 bits per heavy atom. The number of amides is 1. The Hall–Kier alpha value is -3.05. The van der Waals surface area contributed by atoms with E-state index in [2.05, 4.69) is 13.5 Å². The fourth-order valence-electron chi connectivity index (χ4n) is 3.79. The molecule has 0 bridgehead atoms. The Morgan fingerprint density at radius 2 is 1.77 bits per heavy atom. The fourth-order valence-corrected chi connectivity index (χ4v) is 5.80. The van der Waals surface area contributed by atoms with Crippen LogP contribution in [0.25, 0.3) is 11.0 Å². The third-order valence-corrected chi connectivity index (χ3v) is 7.68. The Kier molecular flexibility index (Phi) is 7.36. The molecule has 4 rings (SSSR count). The van der Waals surface area contributed by atoms with E-state index in [1.54, 1.807) is 30.1 Å². The first kappa shape index (κ1) is 25.1. The molecule has 1 heterocycles. The van der Waals surface area contributed by atoms with Gasteiger partial charge in [-0.2, -0.15) is 8.75 Å². The summed E-state index contributed by atoms with van der Waals surface area (Å²) in [6, 6.07) is 18.7. The lowest BCUT2D eigenvalue weighted by atomic mass is 10.0. The molecule has 0 fully saturated rings. The van der Waals surface area contributed by atoms with Crippen molar-refractivity contribution in [2.24, 2.45) is 0 Å². The second-order valence-electron chi connectivity index (χ2n) is 8.29. The number of nitrogens with zero attached hydrogens (tertiary/aromatic N) is 4. The van der Waals surface area contributed by atoms with Gasteiger partial charge in [-0.05, 0) is 50.0 Å². The SMILES string of the molecule is CN(C)CC(c1ccccc1)N(C)C(=O)c1ccc(Cl)cc1NS(=O)(=O)c1cccc2nsnc12. The van der Waals surface area contributed by atoms with Crippen LogP contribution in [0.1, 0.15) is 22.0 Å². The van der Waals surface area contributed by atoms with Gasteiger partial charge in [0, 0.05) is 18.6 Å². The monoisotopic (exact) mass is 529 g/mol. The summed E-state index contributed by atoms with van der Waals surface area (Å²) in [6.45, 7) is 0.583. The fraction of sp³-hybridized carbons (Fsp3) is 0.208. The zero-order valence-corrected chi connectivity index (χ0v) is 21.7. The Morgan fingerprint density at radius 3 is 2.49 bits per heavy atom. The number of hydrogen-bond acceptors (Lipinski definition) is 7. The maximum absolute atomic E-state index is 13.7. The van der Waals surface area contributed by atoms with E-state index < -0.39 is 10.0 Å². The highest BCUT2D eigenvalue weighted by molar-refractivity contribution is 7.93. The predicted molar refractivity (Wildman–Crippen MR) is 140 cm³/mol. The zero-order chi connectivity index (χ0) is 25.2. The van der Waals surface area contributed by atoms with Crippen LogP contribution in [0, 0.1) is 0 Å². The van der Waals surface area contributed by atoms with Gasteiger partial charge >= 0.3 is 0 Å². The van der Waals surface area contributed by atoms with Gasteiger partial charge < -0.3 is 9.80 Å². The summed E-state index contributed by atoms with van der Waals surface area (Å²) in [4.78, 5) is 17.3. The number of rotatable bonds is 8. The summed E-state index contributed by atoms with van der Waals surface area (Å²) in [7, 11) is 1.49. The molecular weight excluding hydrogens is 506 g/mol. The molecule has 1 N–H and O–H groups in total. The van der Waals surface area contributed by atoms with Crippen molar-refractivity contribution in [1.29, 1.82) is 0 Å². The highest BCUT2D eigenvalue weighted by Crippen LogP contribution is 2.30. The van der Waals surface area contributed by atoms with Crippen LogP contribution in [0.3, 0.4) is 0 Å². The zero-order valence-electron chi connectivity index (χ0n) is 19.3. The molecule has 11 heteroatoms. The number of halogens is 1. The van der Waals surface area contributed by atoms with Gasteiger partial charge in [-0.25, -0.2) is 8.42 Å². The topological polar surface area (TPSA) is 95.5 Å². The smallest absolute Gasteiger partial charge is 0.264 e. The lowest BCUT2D eigenvalue weighted by Gasteiger charge is -2.31. The largest absolute Gasteiger partial charge is 0.333 e. The van der Waals surface area contributed by atoms with E-state index in [9.17, 15) is 13.2 Å². The van der Waals surface area contributed by atoms with Crippen molar-refractivity contribution in [3.63, 3.8) is 0 Å². The van der Waals surface area contributed by atoms with Gasteiger partial charge in [-0.15, -0.1) is 0 Å². The van der Waals surface area contributed by atoms with Crippen molar-refractivity contribution in [3.05, 3.63) is 82.9 Å². The normalized spacial score (nSPS) is 12.6. The third-order valence-electron chi connectivity index (χ3n) is 5.51. The molecule has 1 unspecified atom stereocenters. The van der Waals surface area contributed by atoms with Crippen LogP contribution in [-0.2, 0) is 10.0 Å². The summed E-state index contributed by atoms with van der Waals surface area (Å²) < 4.78 is 37.4. The number of fused-ring (bicyclic) bond motifs is 1. The summed E-state index contributed by atoms with van der Waals surface area (Å²) in [5.74, 6) is -0.344. The number of hydrogen-bond donors (Lipinski definition) is 1. The number of carbonyl (C=O) groups excluding carboxylic acids is 1. The number of benzene rings is 3. The van der Waals surface area contributed by atoms with Gasteiger partial charge in [0.1, 0.15) is 15.9 Å². The first-order valence-electron chi connectivity index (χ1n) is 10.7. The van der Waals surface area contributed by atoms with Crippen LogP contribution >= 0.6 is 23.3 Å². The van der Waals surface area contributed by atoms with E-state index in [0.29, 0.717) is 17.1 Å². The van der Waals surface area contributed by atoms with Crippen LogP contribution in [0.5, 0.6) is 0 Å². The van der Waals surface area contributed by atoms with Gasteiger partial charge in [0.15, 0.2) is 0 Å². The average molecular weight is 530 g/mol. The first-order valence-corrected chi connectivity index (χ1v) is 13.3. The molecule has 3 aromatic carbocycles. The van der Waals surface area contributed by atoms with Gasteiger partial charge in [0.25, 0.3) is 15.9 Å². The van der Waals surface area contributed by atoms with Crippen molar-refractivity contribution >= 4 is 56.0 Å². The van der Waals surface area contributed by atoms with E-state index in [4.69, 9.17) is 11.6 Å². The molecule has 1 atom stereocenters. The number of nitrogens with one attached hydrogen (secondary N) is 1. The lowest BCUT2D eigenvalue weighted by molar-refractivity contribution is 0.0706. The molecule has 0 aliphatic heterocycles. The second kappa shape index (κ2) is 10.3. The standard InChI is InChI=1S/C24H24ClN5O3S2/c1-29(2)15-21(16-8-5-4-6-9-16)30(3)24(31)18-13-12-17(25)14-20(18)28-35(32,33)22-11-7-10-19-23(22)27-34-26-19/h4-14,21,28H,15H2,1-3H3. The predicted octanol–water partition coefficient (Wildman–Crippen LogP) is 4.52. The number of sulfonamides is 1. The summed E-state index contributed by atoms with van der Waals surface area (Å²) in [5.41, 5.74) is 1.99. The molecule has 0 saturated carbocycles. The Labute approximate surface area is 213 Å². The van der Waals surface area contributed by atoms with Crippen molar-refractivity contribution in [2.45, 2.75) is 10.9 Å². The Balaban J connectivity index is 1.71. The molecule has 0 spiro atoms. The highest BCUT2D eigenvalue weighted by atomic mass is 35.5. The van der Waals surface area contributed by atoms with Crippen molar-refractivity contribution in [1.82, 2.24) is 18.5 Å². The number of anilines is 1. The number of aromatic nitrogens is 2. The van der Waals surface area contributed by atoms with Gasteiger partial charge in [-0.3, -0.25) is 9.52 Å². The van der Waals surface area contributed by atoms with Crippen LogP contribution in [-0.4, -0.2) is 60.6 Å². The molecule has 1 aromatic heterocycles. The third kappa shape index (κ3) is 5.46. The van der Waals surface area contributed by atoms with E-state index in [0.717, 1.165) is 17.3 Å². The van der Waals surface area contributed by atoms with Crippen molar-refractivity contribution < 1.29 is 13.2 Å². The van der Waals surface area contributed by atoms with Crippen molar-refractivity contribution in [3.8, 4) is 0 Å². The molecule has 0 aliphatic rings. The van der Waals surface area contributed by atoms with Crippen LogP contribution in [0.15, 0.2) is 71.6 Å².